The van der Waals surface area contributed by atoms with Crippen molar-refractivity contribution < 1.29 is 0 Å². The molecule has 2 aromatic carbocycles. The summed E-state index contributed by atoms with van der Waals surface area (Å²) < 4.78 is 1.79. The van der Waals surface area contributed by atoms with Crippen molar-refractivity contribution in [2.24, 2.45) is 5.18 Å². The monoisotopic (exact) mass is 277 g/mol. The lowest BCUT2D eigenvalue weighted by molar-refractivity contribution is 0.883. The minimum atomic E-state index is 0.121. The third kappa shape index (κ3) is 2.74. The van der Waals surface area contributed by atoms with Crippen molar-refractivity contribution >= 4 is 0 Å². The van der Waals surface area contributed by atoms with Gasteiger partial charge in [-0.25, -0.2) is 4.68 Å². The van der Waals surface area contributed by atoms with Gasteiger partial charge in [0, 0.05) is 17.3 Å². The molecule has 0 aliphatic rings. The van der Waals surface area contributed by atoms with Gasteiger partial charge in [-0.3, -0.25) is 0 Å². The molecule has 0 saturated heterocycles. The van der Waals surface area contributed by atoms with Crippen LogP contribution in [0.1, 0.15) is 11.1 Å². The van der Waals surface area contributed by atoms with E-state index in [1.54, 1.807) is 4.68 Å². The largest absolute Gasteiger partial charge is 0.240 e. The van der Waals surface area contributed by atoms with Crippen LogP contribution in [0.4, 0.5) is 0 Å². The molecule has 0 atom stereocenters. The minimum absolute atomic E-state index is 0.121. The molecular formula is C17H15N3O. The van der Waals surface area contributed by atoms with E-state index in [2.05, 4.69) is 10.3 Å². The molecule has 0 aliphatic carbocycles. The van der Waals surface area contributed by atoms with Gasteiger partial charge in [0.1, 0.15) is 6.54 Å². The van der Waals surface area contributed by atoms with Crippen LogP contribution in [0.15, 0.2) is 66.0 Å². The maximum atomic E-state index is 10.7. The molecule has 4 nitrogen and oxygen atoms in total. The summed E-state index contributed by atoms with van der Waals surface area (Å²) in [4.78, 5) is 10.7. The molecular weight excluding hydrogens is 262 g/mol. The fraction of sp³-hybridized carbons (Fsp3) is 0.118. The quantitative estimate of drug-likeness (QED) is 0.674. The van der Waals surface area contributed by atoms with Crippen LogP contribution in [-0.4, -0.2) is 9.78 Å². The first kappa shape index (κ1) is 13.2. The van der Waals surface area contributed by atoms with E-state index in [-0.39, 0.29) is 6.54 Å². The van der Waals surface area contributed by atoms with Crippen LogP contribution >= 0.6 is 0 Å². The molecule has 0 N–H and O–H groups in total. The van der Waals surface area contributed by atoms with Gasteiger partial charge in [-0.2, -0.15) is 10.0 Å². The predicted octanol–water partition coefficient (Wildman–Crippen LogP) is 4.11. The lowest BCUT2D eigenvalue weighted by Crippen LogP contribution is -1.93. The van der Waals surface area contributed by atoms with E-state index in [9.17, 15) is 4.91 Å². The Morgan fingerprint density at radius 3 is 2.43 bits per heavy atom. The molecule has 21 heavy (non-hydrogen) atoms. The summed E-state index contributed by atoms with van der Waals surface area (Å²) >= 11 is 0. The first-order chi connectivity index (χ1) is 10.3. The van der Waals surface area contributed by atoms with Gasteiger partial charge < -0.3 is 0 Å². The highest BCUT2D eigenvalue weighted by Crippen LogP contribution is 2.24. The van der Waals surface area contributed by atoms with Gasteiger partial charge in [0.2, 0.25) is 0 Å². The number of hydrogen-bond donors (Lipinski definition) is 0. The average Bonchev–Trinajstić information content (AvgIpc) is 2.93. The molecule has 0 amide bonds. The standard InChI is InChI=1S/C17H15N3O/c1-13-7-9-14(10-8-13)17-15(11-18-21)12-20(19-17)16-5-3-2-4-6-16/h2-10,12H,11H2,1H3. The van der Waals surface area contributed by atoms with Gasteiger partial charge in [-0.1, -0.05) is 53.2 Å². The lowest BCUT2D eigenvalue weighted by Gasteiger charge is -2.01. The summed E-state index contributed by atoms with van der Waals surface area (Å²) in [6, 6.07) is 17.9. The molecule has 0 radical (unpaired) electrons. The minimum Gasteiger partial charge on any atom is -0.240 e. The van der Waals surface area contributed by atoms with Crippen LogP contribution in [0, 0.1) is 11.8 Å². The highest BCUT2D eigenvalue weighted by molar-refractivity contribution is 5.63. The van der Waals surface area contributed by atoms with Crippen LogP contribution in [0.3, 0.4) is 0 Å². The zero-order chi connectivity index (χ0) is 14.7. The molecule has 1 aromatic heterocycles. The van der Waals surface area contributed by atoms with Gasteiger partial charge in [0.15, 0.2) is 0 Å². The Morgan fingerprint density at radius 1 is 1.05 bits per heavy atom. The summed E-state index contributed by atoms with van der Waals surface area (Å²) in [5, 5.41) is 7.63. The number of rotatable bonds is 4. The second kappa shape index (κ2) is 5.71. The van der Waals surface area contributed by atoms with Crippen molar-refractivity contribution in [1.29, 1.82) is 0 Å². The number of hydrogen-bond acceptors (Lipinski definition) is 3. The van der Waals surface area contributed by atoms with Gasteiger partial charge in [0.25, 0.3) is 0 Å². The molecule has 1 heterocycles. The third-order valence-electron chi connectivity index (χ3n) is 3.37. The number of aromatic nitrogens is 2. The fourth-order valence-corrected chi connectivity index (χ4v) is 2.26. The van der Waals surface area contributed by atoms with Crippen LogP contribution in [0.2, 0.25) is 0 Å². The second-order valence-corrected chi connectivity index (χ2v) is 4.94. The first-order valence-corrected chi connectivity index (χ1v) is 6.78. The molecule has 0 fully saturated rings. The average molecular weight is 277 g/mol. The maximum Gasteiger partial charge on any atom is 0.110 e. The predicted molar refractivity (Wildman–Crippen MR) is 83.2 cm³/mol. The van der Waals surface area contributed by atoms with Crippen LogP contribution < -0.4 is 0 Å². The number of para-hydroxylation sites is 1. The highest BCUT2D eigenvalue weighted by Gasteiger charge is 2.12. The zero-order valence-corrected chi connectivity index (χ0v) is 11.7. The number of nitrogens with zero attached hydrogens (tertiary/aromatic N) is 3. The number of nitroso groups, excluding NO2 is 1. The molecule has 0 aliphatic heterocycles. The molecule has 0 bridgehead atoms. The fourth-order valence-electron chi connectivity index (χ4n) is 2.26. The van der Waals surface area contributed by atoms with Gasteiger partial charge in [-0.15, -0.1) is 0 Å². The van der Waals surface area contributed by atoms with Crippen molar-refractivity contribution in [3.05, 3.63) is 76.8 Å². The highest BCUT2D eigenvalue weighted by atomic mass is 16.3. The number of aryl methyl sites for hydroxylation is 1. The Hall–Kier alpha value is -2.75. The van der Waals surface area contributed by atoms with E-state index in [1.165, 1.54) is 5.56 Å². The normalized spacial score (nSPS) is 10.5. The Labute approximate surface area is 123 Å². The Kier molecular flexibility index (Phi) is 3.60. The van der Waals surface area contributed by atoms with Crippen molar-refractivity contribution in [3.8, 4) is 16.9 Å². The van der Waals surface area contributed by atoms with E-state index in [4.69, 9.17) is 0 Å². The topological polar surface area (TPSA) is 47.2 Å². The Balaban J connectivity index is 2.08. The maximum absolute atomic E-state index is 10.7. The van der Waals surface area contributed by atoms with E-state index >= 15 is 0 Å². The molecule has 0 spiro atoms. The molecule has 104 valence electrons. The van der Waals surface area contributed by atoms with Crippen molar-refractivity contribution in [3.63, 3.8) is 0 Å². The second-order valence-electron chi connectivity index (χ2n) is 4.94. The Morgan fingerprint density at radius 2 is 1.76 bits per heavy atom. The molecule has 3 aromatic rings. The molecule has 3 rings (SSSR count). The van der Waals surface area contributed by atoms with E-state index in [0.717, 1.165) is 22.5 Å². The van der Waals surface area contributed by atoms with Crippen LogP contribution in [0.25, 0.3) is 16.9 Å². The Bertz CT molecular complexity index is 745. The van der Waals surface area contributed by atoms with Crippen LogP contribution in [-0.2, 0) is 6.54 Å². The van der Waals surface area contributed by atoms with E-state index in [0.29, 0.717) is 0 Å². The van der Waals surface area contributed by atoms with E-state index < -0.39 is 0 Å². The smallest absolute Gasteiger partial charge is 0.110 e. The van der Waals surface area contributed by atoms with Crippen molar-refractivity contribution in [1.82, 2.24) is 9.78 Å². The summed E-state index contributed by atoms with van der Waals surface area (Å²) in [7, 11) is 0. The van der Waals surface area contributed by atoms with Crippen molar-refractivity contribution in [2.75, 3.05) is 0 Å². The van der Waals surface area contributed by atoms with Crippen LogP contribution in [0.5, 0.6) is 0 Å². The molecule has 4 heteroatoms. The van der Waals surface area contributed by atoms with Crippen molar-refractivity contribution in [2.45, 2.75) is 13.5 Å². The van der Waals surface area contributed by atoms with Gasteiger partial charge in [-0.05, 0) is 19.1 Å². The SMILES string of the molecule is Cc1ccc(-c2nn(-c3ccccc3)cc2CN=O)cc1. The lowest BCUT2D eigenvalue weighted by atomic mass is 10.1. The summed E-state index contributed by atoms with van der Waals surface area (Å²) in [5.41, 5.74) is 4.78. The summed E-state index contributed by atoms with van der Waals surface area (Å²) in [5.74, 6) is 0. The molecule has 0 saturated carbocycles. The first-order valence-electron chi connectivity index (χ1n) is 6.78. The van der Waals surface area contributed by atoms with E-state index in [1.807, 2.05) is 67.7 Å². The van der Waals surface area contributed by atoms with Gasteiger partial charge >= 0.3 is 0 Å². The van der Waals surface area contributed by atoms with Gasteiger partial charge in [0.05, 0.1) is 11.4 Å². The summed E-state index contributed by atoms with van der Waals surface area (Å²) in [6.07, 6.45) is 1.87. The number of benzene rings is 2. The molecule has 0 unspecified atom stereocenters. The summed E-state index contributed by atoms with van der Waals surface area (Å²) in [6.45, 7) is 2.16. The third-order valence-corrected chi connectivity index (χ3v) is 3.37. The zero-order valence-electron chi connectivity index (χ0n) is 11.7.